The van der Waals surface area contributed by atoms with Crippen LogP contribution in [0.4, 0.5) is 5.69 Å². The highest BCUT2D eigenvalue weighted by Crippen LogP contribution is 2.35. The second-order valence-corrected chi connectivity index (χ2v) is 17.0. The van der Waals surface area contributed by atoms with Crippen molar-refractivity contribution in [1.29, 1.82) is 0 Å². The first-order valence-corrected chi connectivity index (χ1v) is 22.0. The van der Waals surface area contributed by atoms with E-state index in [1.54, 1.807) is 34.1 Å². The number of anilines is 1. The molecule has 0 saturated carbocycles. The topological polar surface area (TPSA) is 189 Å². The fourth-order valence-corrected chi connectivity index (χ4v) is 9.59. The van der Waals surface area contributed by atoms with Gasteiger partial charge in [-0.15, -0.1) is 12.4 Å². The molecule has 0 aliphatic carbocycles. The zero-order chi connectivity index (χ0) is 44.0. The Kier molecular flexibility index (Phi) is 15.0. The van der Waals surface area contributed by atoms with Gasteiger partial charge in [0.05, 0.1) is 0 Å². The number of rotatable bonds is 6. The van der Waals surface area contributed by atoms with Gasteiger partial charge in [-0.2, -0.15) is 0 Å². The van der Waals surface area contributed by atoms with Crippen molar-refractivity contribution in [3.05, 3.63) is 130 Å². The van der Waals surface area contributed by atoms with Gasteiger partial charge in [-0.05, 0) is 115 Å². The number of nitrogens with one attached hydrogen (secondary N) is 3. The summed E-state index contributed by atoms with van der Waals surface area (Å²) in [5.41, 5.74) is 7.73. The lowest BCUT2D eigenvalue weighted by Crippen LogP contribution is -2.52. The van der Waals surface area contributed by atoms with Gasteiger partial charge < -0.3 is 30.1 Å². The van der Waals surface area contributed by atoms with Crippen LogP contribution < -0.4 is 26.3 Å². The van der Waals surface area contributed by atoms with Crippen LogP contribution in [0.3, 0.4) is 0 Å². The largest absolute Gasteiger partial charge is 0.488 e. The molecule has 4 saturated heterocycles. The SMILES string of the molecule is Cl.O=C1CCC(N2Cc3cc(C4CCN(c5ccccc5)CC4)ccc3C2=O)C(=O)N1.O=C1CCC(N2Cc3cc(C4CCNCC4)ccc3C2=O)C(=O)N1.OB(O)c1ccccc1. The summed E-state index contributed by atoms with van der Waals surface area (Å²) in [5.74, 6) is -0.419. The number of piperidine rings is 4. The Hall–Kier alpha value is -5.87. The highest BCUT2D eigenvalue weighted by molar-refractivity contribution is 6.58. The maximum Gasteiger partial charge on any atom is 0.488 e. The molecule has 4 fully saturated rings. The second kappa shape index (κ2) is 20.8. The zero-order valence-corrected chi connectivity index (χ0v) is 36.4. The van der Waals surface area contributed by atoms with E-state index in [1.807, 2.05) is 24.3 Å². The third kappa shape index (κ3) is 10.4. The number of benzene rings is 4. The smallest absolute Gasteiger partial charge is 0.423 e. The first-order chi connectivity index (χ1) is 30.5. The molecular formula is C48H54BClN6O8. The van der Waals surface area contributed by atoms with Crippen molar-refractivity contribution >= 4 is 66.1 Å². The van der Waals surface area contributed by atoms with Gasteiger partial charge in [0.2, 0.25) is 23.6 Å². The highest BCUT2D eigenvalue weighted by atomic mass is 35.5. The minimum atomic E-state index is -1.34. The fourth-order valence-electron chi connectivity index (χ4n) is 9.59. The lowest BCUT2D eigenvalue weighted by Gasteiger charge is -2.34. The van der Waals surface area contributed by atoms with E-state index in [2.05, 4.69) is 69.4 Å². The molecule has 0 radical (unpaired) electrons. The monoisotopic (exact) mass is 888 g/mol. The summed E-state index contributed by atoms with van der Waals surface area (Å²) in [6.45, 7) is 5.00. The summed E-state index contributed by atoms with van der Waals surface area (Å²) in [5, 5.41) is 25.2. The van der Waals surface area contributed by atoms with Crippen LogP contribution in [-0.4, -0.2) is 101 Å². The molecule has 4 aromatic rings. The van der Waals surface area contributed by atoms with Crippen LogP contribution in [-0.2, 0) is 32.3 Å². The Morgan fingerprint density at radius 2 is 1.00 bits per heavy atom. The number of hydrogen-bond acceptors (Lipinski definition) is 10. The third-order valence-corrected chi connectivity index (χ3v) is 13.1. The molecule has 16 heteroatoms. The molecule has 6 amide bonds. The Labute approximate surface area is 379 Å². The maximum absolute atomic E-state index is 12.9. The normalized spacial score (nSPS) is 21.1. The summed E-state index contributed by atoms with van der Waals surface area (Å²) in [4.78, 5) is 78.2. The minimum absolute atomic E-state index is 0. The van der Waals surface area contributed by atoms with Crippen molar-refractivity contribution in [2.24, 2.45) is 0 Å². The van der Waals surface area contributed by atoms with Gasteiger partial charge in [-0.1, -0.05) is 72.8 Å². The van der Waals surface area contributed by atoms with Crippen molar-refractivity contribution in [3.63, 3.8) is 0 Å². The van der Waals surface area contributed by atoms with Crippen LogP contribution in [0.5, 0.6) is 0 Å². The number of para-hydroxylation sites is 1. The number of carbonyl (C=O) groups is 6. The molecule has 4 aromatic carbocycles. The van der Waals surface area contributed by atoms with E-state index in [0.717, 1.165) is 63.0 Å². The molecule has 6 aliphatic heterocycles. The standard InChI is InChI=1S/C24H25N3O3.C18H21N3O3.C6H7BO2.ClH/c28-22-9-8-21(23(29)25-22)27-15-18-14-17(6-7-20(18)24(27)30)16-10-12-26(13-11-16)19-4-2-1-3-5-19;22-16-4-3-15(17(23)20-16)21-10-13-9-12(1-2-14(13)18(21)24)11-5-7-19-8-6-11;8-7(9)6-4-2-1-3-5-6;/h1-7,14,16,21H,8-13,15H2,(H,25,28,29);1-2,9,11,15,19H,3-8,10H2,(H,20,22,23);1-5,8-9H;1H. The van der Waals surface area contributed by atoms with Gasteiger partial charge >= 0.3 is 7.12 Å². The van der Waals surface area contributed by atoms with Crippen molar-refractivity contribution in [1.82, 2.24) is 25.8 Å². The zero-order valence-electron chi connectivity index (χ0n) is 35.6. The second-order valence-electron chi connectivity index (χ2n) is 17.0. The molecule has 0 bridgehead atoms. The van der Waals surface area contributed by atoms with Gasteiger partial charge in [-0.3, -0.25) is 39.4 Å². The molecule has 10 rings (SSSR count). The summed E-state index contributed by atoms with van der Waals surface area (Å²) in [7, 11) is -1.34. The lowest BCUT2D eigenvalue weighted by atomic mass is 9.81. The first-order valence-electron chi connectivity index (χ1n) is 22.0. The van der Waals surface area contributed by atoms with E-state index in [4.69, 9.17) is 10.0 Å². The highest BCUT2D eigenvalue weighted by Gasteiger charge is 2.41. The predicted molar refractivity (Wildman–Crippen MR) is 244 cm³/mol. The molecular weight excluding hydrogens is 835 g/mol. The van der Waals surface area contributed by atoms with Gasteiger partial charge in [0.1, 0.15) is 12.1 Å². The van der Waals surface area contributed by atoms with E-state index in [-0.39, 0.29) is 60.7 Å². The number of imide groups is 2. The number of fused-ring (bicyclic) bond motifs is 2. The Morgan fingerprint density at radius 1 is 0.547 bits per heavy atom. The predicted octanol–water partition coefficient (Wildman–Crippen LogP) is 3.53. The molecule has 6 heterocycles. The van der Waals surface area contributed by atoms with Crippen LogP contribution in [0, 0.1) is 0 Å². The van der Waals surface area contributed by atoms with Gasteiger partial charge in [0.15, 0.2) is 0 Å². The van der Waals surface area contributed by atoms with Crippen LogP contribution in [0.1, 0.15) is 106 Å². The molecule has 14 nitrogen and oxygen atoms in total. The average molecular weight is 889 g/mol. The van der Waals surface area contributed by atoms with E-state index < -0.39 is 19.2 Å². The third-order valence-electron chi connectivity index (χ3n) is 13.1. The van der Waals surface area contributed by atoms with E-state index in [9.17, 15) is 28.8 Å². The number of nitrogens with zero attached hydrogens (tertiary/aromatic N) is 3. The van der Waals surface area contributed by atoms with E-state index in [1.165, 1.54) is 16.8 Å². The summed E-state index contributed by atoms with van der Waals surface area (Å²) < 4.78 is 0. The van der Waals surface area contributed by atoms with Gasteiger partial charge in [0.25, 0.3) is 11.8 Å². The van der Waals surface area contributed by atoms with Gasteiger partial charge in [0, 0.05) is 55.8 Å². The average Bonchev–Trinajstić information content (AvgIpc) is 3.82. The Morgan fingerprint density at radius 3 is 1.44 bits per heavy atom. The lowest BCUT2D eigenvalue weighted by molar-refractivity contribution is -0.138. The molecule has 2 atom stereocenters. The molecule has 5 N–H and O–H groups in total. The molecule has 0 spiro atoms. The maximum atomic E-state index is 12.9. The van der Waals surface area contributed by atoms with E-state index in [0.29, 0.717) is 54.4 Å². The van der Waals surface area contributed by atoms with Crippen LogP contribution in [0.25, 0.3) is 0 Å². The quantitative estimate of drug-likeness (QED) is 0.142. The molecule has 2 unspecified atom stereocenters. The summed E-state index contributed by atoms with van der Waals surface area (Å²) >= 11 is 0. The van der Waals surface area contributed by atoms with Crippen molar-refractivity contribution in [3.8, 4) is 0 Å². The van der Waals surface area contributed by atoms with Crippen molar-refractivity contribution in [2.45, 2.75) is 88.4 Å². The number of amides is 6. The number of halogens is 1. The Balaban J connectivity index is 0.000000161. The van der Waals surface area contributed by atoms with E-state index >= 15 is 0 Å². The Bertz CT molecular complexity index is 2360. The number of carbonyl (C=O) groups excluding carboxylic acids is 6. The van der Waals surface area contributed by atoms with Gasteiger partial charge in [-0.25, -0.2) is 0 Å². The van der Waals surface area contributed by atoms with Crippen LogP contribution in [0.15, 0.2) is 97.1 Å². The van der Waals surface area contributed by atoms with Crippen molar-refractivity contribution < 1.29 is 38.8 Å². The van der Waals surface area contributed by atoms with Crippen LogP contribution in [0.2, 0.25) is 0 Å². The molecule has 6 aliphatic rings. The molecule has 64 heavy (non-hydrogen) atoms. The van der Waals surface area contributed by atoms with Crippen molar-refractivity contribution in [2.75, 3.05) is 31.1 Å². The first kappa shape index (κ1) is 46.1. The number of hydrogen-bond donors (Lipinski definition) is 5. The van der Waals surface area contributed by atoms with Crippen LogP contribution >= 0.6 is 12.4 Å². The summed E-state index contributed by atoms with van der Waals surface area (Å²) in [6.07, 6.45) is 5.77. The molecule has 334 valence electrons. The minimum Gasteiger partial charge on any atom is -0.423 e. The molecule has 0 aromatic heterocycles. The fraction of sp³-hybridized carbons (Fsp3) is 0.375. The summed E-state index contributed by atoms with van der Waals surface area (Å²) in [6, 6.07) is 30.3.